The monoisotopic (exact) mass is 441 g/mol. The highest BCUT2D eigenvalue weighted by Crippen LogP contribution is 2.34. The quantitative estimate of drug-likeness (QED) is 0.433. The second-order valence-electron chi connectivity index (χ2n) is 7.00. The number of carbonyl (C=O) groups is 3. The lowest BCUT2D eigenvalue weighted by atomic mass is 9.98. The smallest absolute Gasteiger partial charge is 0.325 e. The normalized spacial score (nSPS) is 18.2. The average Bonchev–Trinajstić information content (AvgIpc) is 3.34. The van der Waals surface area contributed by atoms with Crippen LogP contribution in [0.2, 0.25) is 5.02 Å². The van der Waals surface area contributed by atoms with Crippen molar-refractivity contribution in [1.82, 2.24) is 15.2 Å². The fourth-order valence-electron chi connectivity index (χ4n) is 3.46. The molecule has 0 spiro atoms. The van der Waals surface area contributed by atoms with Gasteiger partial charge in [0.05, 0.1) is 23.2 Å². The van der Waals surface area contributed by atoms with Crippen LogP contribution in [0.4, 0.5) is 10.5 Å². The number of nitro benzene ring substituents is 1. The third kappa shape index (κ3) is 4.10. The van der Waals surface area contributed by atoms with Gasteiger partial charge in [-0.25, -0.2) is 9.80 Å². The van der Waals surface area contributed by atoms with E-state index in [2.05, 4.69) is 10.4 Å². The number of urea groups is 1. The van der Waals surface area contributed by atoms with Gasteiger partial charge < -0.3 is 5.32 Å². The van der Waals surface area contributed by atoms with Crippen LogP contribution in [-0.2, 0) is 9.59 Å². The minimum absolute atomic E-state index is 0.0527. The van der Waals surface area contributed by atoms with E-state index in [-0.39, 0.29) is 12.2 Å². The third-order valence-electron chi connectivity index (χ3n) is 5.06. The average molecular weight is 442 g/mol. The second kappa shape index (κ2) is 8.15. The fourth-order valence-corrected chi connectivity index (χ4v) is 3.58. The molecule has 0 radical (unpaired) electrons. The van der Waals surface area contributed by atoms with E-state index in [4.69, 9.17) is 11.6 Å². The van der Waals surface area contributed by atoms with Gasteiger partial charge in [0.2, 0.25) is 0 Å². The molecule has 1 fully saturated rings. The van der Waals surface area contributed by atoms with Gasteiger partial charge in [-0.3, -0.25) is 24.6 Å². The molecule has 4 rings (SSSR count). The molecule has 2 aliphatic heterocycles. The van der Waals surface area contributed by atoms with Crippen LogP contribution in [0, 0.1) is 10.1 Å². The summed E-state index contributed by atoms with van der Waals surface area (Å²) in [5.41, 5.74) is 1.91. The first-order chi connectivity index (χ1) is 14.8. The first kappa shape index (κ1) is 20.5. The molecule has 1 unspecified atom stereocenters. The Hall–Kier alpha value is -3.79. The molecular weight excluding hydrogens is 426 g/mol. The molecule has 2 aromatic carbocycles. The number of nitro groups is 1. The summed E-state index contributed by atoms with van der Waals surface area (Å²) in [6.45, 7) is -0.587. The summed E-state index contributed by atoms with van der Waals surface area (Å²) >= 11 is 5.97. The minimum atomic E-state index is -0.625. The number of halogens is 1. The third-order valence-corrected chi connectivity index (χ3v) is 5.31. The number of nitrogens with one attached hydrogen (secondary N) is 1. The van der Waals surface area contributed by atoms with E-state index in [1.54, 1.807) is 36.4 Å². The Morgan fingerprint density at radius 2 is 1.84 bits per heavy atom. The van der Waals surface area contributed by atoms with Crippen molar-refractivity contribution < 1.29 is 19.3 Å². The van der Waals surface area contributed by atoms with E-state index >= 15 is 0 Å². The van der Waals surface area contributed by atoms with Gasteiger partial charge in [-0.05, 0) is 35.4 Å². The van der Waals surface area contributed by atoms with E-state index in [9.17, 15) is 24.5 Å². The number of carbonyl (C=O) groups excluding carboxylic acids is 3. The van der Waals surface area contributed by atoms with Crippen molar-refractivity contribution in [2.24, 2.45) is 5.10 Å². The fraction of sp³-hybridized carbons (Fsp3) is 0.200. The van der Waals surface area contributed by atoms with E-state index in [1.807, 2.05) is 0 Å². The lowest BCUT2D eigenvalue weighted by Crippen LogP contribution is -2.41. The Bertz CT molecular complexity index is 1080. The van der Waals surface area contributed by atoms with E-state index in [1.165, 1.54) is 17.1 Å². The predicted octanol–water partition coefficient (Wildman–Crippen LogP) is 2.48. The lowest BCUT2D eigenvalue weighted by Gasteiger charge is -2.23. The number of hydrazone groups is 1. The Morgan fingerprint density at radius 1 is 1.16 bits per heavy atom. The molecule has 0 aliphatic carbocycles. The number of benzene rings is 2. The topological polar surface area (TPSA) is 125 Å². The molecule has 158 valence electrons. The lowest BCUT2D eigenvalue weighted by molar-refractivity contribution is -0.384. The zero-order valence-electron chi connectivity index (χ0n) is 16.0. The van der Waals surface area contributed by atoms with Crippen molar-refractivity contribution in [3.8, 4) is 0 Å². The zero-order valence-corrected chi connectivity index (χ0v) is 16.8. The number of non-ortho nitro benzene ring substituents is 1. The van der Waals surface area contributed by atoms with Gasteiger partial charge in [-0.1, -0.05) is 23.7 Å². The molecule has 31 heavy (non-hydrogen) atoms. The zero-order chi connectivity index (χ0) is 22.1. The molecule has 11 heteroatoms. The maximum Gasteiger partial charge on any atom is 0.325 e. The highest BCUT2D eigenvalue weighted by molar-refractivity contribution is 6.30. The van der Waals surface area contributed by atoms with Crippen molar-refractivity contribution in [2.45, 2.75) is 12.5 Å². The maximum absolute atomic E-state index is 13.0. The molecule has 0 aromatic heterocycles. The van der Waals surface area contributed by atoms with Crippen LogP contribution in [0.5, 0.6) is 0 Å². The number of hydrogen-bond acceptors (Lipinski definition) is 6. The summed E-state index contributed by atoms with van der Waals surface area (Å²) < 4.78 is 0. The summed E-state index contributed by atoms with van der Waals surface area (Å²) in [6.07, 6.45) is 0.353. The van der Waals surface area contributed by atoms with Crippen molar-refractivity contribution in [3.63, 3.8) is 0 Å². The molecule has 1 N–H and O–H groups in total. The van der Waals surface area contributed by atoms with Gasteiger partial charge in [0.25, 0.3) is 17.5 Å². The minimum Gasteiger partial charge on any atom is -0.329 e. The van der Waals surface area contributed by atoms with Crippen molar-refractivity contribution in [3.05, 3.63) is 74.8 Å². The summed E-state index contributed by atoms with van der Waals surface area (Å²) in [4.78, 5) is 47.9. The first-order valence-corrected chi connectivity index (χ1v) is 9.69. The van der Waals surface area contributed by atoms with Crippen LogP contribution in [0.15, 0.2) is 53.6 Å². The van der Waals surface area contributed by atoms with E-state index in [0.717, 1.165) is 10.5 Å². The van der Waals surface area contributed by atoms with Crippen LogP contribution in [0.1, 0.15) is 23.6 Å². The van der Waals surface area contributed by atoms with Gasteiger partial charge in [-0.2, -0.15) is 5.10 Å². The largest absolute Gasteiger partial charge is 0.329 e. The van der Waals surface area contributed by atoms with Crippen LogP contribution in [0.25, 0.3) is 0 Å². The molecule has 1 atom stereocenters. The predicted molar refractivity (Wildman–Crippen MR) is 110 cm³/mol. The highest BCUT2D eigenvalue weighted by atomic mass is 35.5. The molecule has 2 heterocycles. The summed E-state index contributed by atoms with van der Waals surface area (Å²) in [5, 5.41) is 19.5. The van der Waals surface area contributed by atoms with Crippen LogP contribution >= 0.6 is 11.6 Å². The highest BCUT2D eigenvalue weighted by Gasteiger charge is 2.37. The molecule has 10 nitrogen and oxygen atoms in total. The first-order valence-electron chi connectivity index (χ1n) is 9.31. The molecule has 2 aliphatic rings. The van der Waals surface area contributed by atoms with Gasteiger partial charge in [0.1, 0.15) is 6.54 Å². The molecule has 2 aromatic rings. The van der Waals surface area contributed by atoms with Crippen LogP contribution in [-0.4, -0.2) is 51.5 Å². The number of nitrogens with zero attached hydrogens (tertiary/aromatic N) is 4. The van der Waals surface area contributed by atoms with Gasteiger partial charge >= 0.3 is 6.03 Å². The van der Waals surface area contributed by atoms with Crippen LogP contribution in [0.3, 0.4) is 0 Å². The number of imide groups is 1. The number of rotatable bonds is 5. The molecular formula is C20H16ClN5O5. The standard InChI is InChI=1S/C20H16ClN5O5/c21-14-5-1-13(2-6-14)17-9-16(12-3-7-15(8-4-12)26(30)31)23-25(17)19(28)11-24-18(27)10-22-20(24)29/h1-8,17H,9-11H2,(H,22,29). The maximum atomic E-state index is 13.0. The van der Waals surface area contributed by atoms with Gasteiger partial charge in [-0.15, -0.1) is 0 Å². The van der Waals surface area contributed by atoms with E-state index < -0.39 is 35.4 Å². The Kier molecular flexibility index (Phi) is 5.38. The number of hydrogen-bond donors (Lipinski definition) is 1. The molecule has 0 bridgehead atoms. The summed E-state index contributed by atoms with van der Waals surface area (Å²) in [5.74, 6) is -1.01. The van der Waals surface area contributed by atoms with Crippen molar-refractivity contribution >= 4 is 40.8 Å². The van der Waals surface area contributed by atoms with Crippen LogP contribution < -0.4 is 5.32 Å². The second-order valence-corrected chi connectivity index (χ2v) is 7.44. The SMILES string of the molecule is O=C1CNC(=O)N1CC(=O)N1N=C(c2ccc([N+](=O)[O-])cc2)CC1c1ccc(Cl)cc1. The Labute approximate surface area is 181 Å². The van der Waals surface area contributed by atoms with Gasteiger partial charge in [0.15, 0.2) is 0 Å². The Morgan fingerprint density at radius 3 is 2.42 bits per heavy atom. The molecule has 1 saturated heterocycles. The summed E-state index contributed by atoms with van der Waals surface area (Å²) in [7, 11) is 0. The molecule has 0 saturated carbocycles. The number of amides is 4. The molecule has 4 amide bonds. The summed E-state index contributed by atoms with van der Waals surface area (Å²) in [6, 6.07) is 11.7. The van der Waals surface area contributed by atoms with Gasteiger partial charge in [0, 0.05) is 23.6 Å². The van der Waals surface area contributed by atoms with Crippen molar-refractivity contribution in [1.29, 1.82) is 0 Å². The van der Waals surface area contributed by atoms with Crippen molar-refractivity contribution in [2.75, 3.05) is 13.1 Å². The Balaban J connectivity index is 1.64. The van der Waals surface area contributed by atoms with E-state index in [0.29, 0.717) is 22.7 Å².